The molecule has 0 spiro atoms. The molecule has 0 atom stereocenters. The molecule has 0 aliphatic rings. The molecule has 0 aromatic heterocycles. The first kappa shape index (κ1) is 7.32. The Labute approximate surface area is 64.8 Å². The van der Waals surface area contributed by atoms with Crippen molar-refractivity contribution in [2.24, 2.45) is 0 Å². The molecule has 3 heteroatoms. The predicted octanol–water partition coefficient (Wildman–Crippen LogP) is 0.238. The van der Waals surface area contributed by atoms with Gasteiger partial charge in [0.15, 0.2) is 0 Å². The van der Waals surface area contributed by atoms with E-state index in [9.17, 15) is 0 Å². The van der Waals surface area contributed by atoms with E-state index in [1.54, 1.807) is 12.1 Å². The molecule has 0 heterocycles. The van der Waals surface area contributed by atoms with Gasteiger partial charge in [-0.25, -0.2) is 0 Å². The molecule has 1 aromatic carbocycles. The molecular weight excluding hydrogens is 172 g/mol. The summed E-state index contributed by atoms with van der Waals surface area (Å²) in [7, 11) is 0. The average molecular weight is 179 g/mol. The predicted molar refractivity (Wildman–Crippen MR) is 36.5 cm³/mol. The Bertz CT molecular complexity index is 258. The number of hydrogen-bond acceptors (Lipinski definition) is 2. The Morgan fingerprint density at radius 1 is 1.30 bits per heavy atom. The molecular formula is C7H7FeO2. The molecule has 1 aromatic rings. The number of phenolic OH excluding ortho intramolecular Hbond substituents is 2. The molecule has 0 saturated heterocycles. The monoisotopic (exact) mass is 179 g/mol. The van der Waals surface area contributed by atoms with Gasteiger partial charge >= 0.3 is 64.3 Å². The first-order valence-electron chi connectivity index (χ1n) is 2.62. The van der Waals surface area contributed by atoms with E-state index in [0.29, 0.717) is 19.0 Å². The van der Waals surface area contributed by atoms with Gasteiger partial charge in [-0.1, -0.05) is 0 Å². The summed E-state index contributed by atoms with van der Waals surface area (Å²) in [5.41, 5.74) is 3.59. The van der Waals surface area contributed by atoms with Crippen molar-refractivity contribution in [2.45, 2.75) is 0 Å². The van der Waals surface area contributed by atoms with Gasteiger partial charge in [-0.05, 0) is 0 Å². The molecule has 0 unspecified atom stereocenters. The second-order valence-electron chi connectivity index (χ2n) is 1.72. The fourth-order valence-electron chi connectivity index (χ4n) is 0.599. The first-order valence-corrected chi connectivity index (χ1v) is 3.95. The van der Waals surface area contributed by atoms with Crippen LogP contribution < -0.4 is 4.46 Å². The molecule has 0 radical (unpaired) electrons. The van der Waals surface area contributed by atoms with Crippen LogP contribution in [0.5, 0.6) is 11.5 Å². The third kappa shape index (κ3) is 1.20. The molecule has 10 heavy (non-hydrogen) atoms. The Morgan fingerprint density at radius 2 is 2.00 bits per heavy atom. The fourth-order valence-corrected chi connectivity index (χ4v) is 1.16. The molecule has 1 rings (SSSR count). The van der Waals surface area contributed by atoms with Crippen LogP contribution in [-0.2, 0) is 14.5 Å². The van der Waals surface area contributed by atoms with E-state index in [1.807, 2.05) is 0 Å². The van der Waals surface area contributed by atoms with Crippen molar-refractivity contribution >= 4 is 9.89 Å². The van der Waals surface area contributed by atoms with Crippen LogP contribution in [0.3, 0.4) is 0 Å². The standard InChI is InChI=1S/C6H5O2.CH2.Fe/c7-5-3-1-2-4-6(5)8;;/h1-3,7-8H;1H2;. The molecule has 2 nitrogen and oxygen atoms in total. The first-order chi connectivity index (χ1) is 4.75. The molecule has 2 N–H and O–H groups in total. The molecule has 55 valence electrons. The van der Waals surface area contributed by atoms with Crippen LogP contribution in [0.25, 0.3) is 0 Å². The number of rotatable bonds is 1. The van der Waals surface area contributed by atoms with E-state index in [1.165, 1.54) is 6.07 Å². The zero-order valence-corrected chi connectivity index (χ0v) is 6.29. The maximum absolute atomic E-state index is 9.11. The van der Waals surface area contributed by atoms with E-state index in [4.69, 9.17) is 10.2 Å². The summed E-state index contributed by atoms with van der Waals surface area (Å²) >= 11 is 0.486. The van der Waals surface area contributed by atoms with Crippen molar-refractivity contribution in [3.05, 3.63) is 18.2 Å². The van der Waals surface area contributed by atoms with Gasteiger partial charge in [-0.3, -0.25) is 0 Å². The van der Waals surface area contributed by atoms with Gasteiger partial charge in [0, 0.05) is 0 Å². The van der Waals surface area contributed by atoms with E-state index >= 15 is 0 Å². The van der Waals surface area contributed by atoms with Crippen molar-refractivity contribution < 1.29 is 24.7 Å². The zero-order valence-electron chi connectivity index (χ0n) is 5.19. The normalized spacial score (nSPS) is 9.60. The maximum atomic E-state index is 9.11. The van der Waals surface area contributed by atoms with Gasteiger partial charge in [0.2, 0.25) is 0 Å². The number of aromatic hydroxyl groups is 2. The minimum atomic E-state index is -0.0823. The number of para-hydroxylation sites is 1. The summed E-state index contributed by atoms with van der Waals surface area (Å²) in [6.45, 7) is 0. The minimum absolute atomic E-state index is 0.0579. The Morgan fingerprint density at radius 3 is 2.50 bits per heavy atom. The Balaban J connectivity index is 3.27. The van der Waals surface area contributed by atoms with Crippen LogP contribution in [0.15, 0.2) is 18.2 Å². The molecule has 0 aliphatic heterocycles. The molecule has 0 fully saturated rings. The van der Waals surface area contributed by atoms with Gasteiger partial charge in [-0.15, -0.1) is 0 Å². The summed E-state index contributed by atoms with van der Waals surface area (Å²) in [6, 6.07) is 4.84. The van der Waals surface area contributed by atoms with E-state index in [2.05, 4.69) is 5.42 Å². The van der Waals surface area contributed by atoms with Gasteiger partial charge in [0.1, 0.15) is 0 Å². The van der Waals surface area contributed by atoms with Crippen molar-refractivity contribution in [2.75, 3.05) is 0 Å². The zero-order chi connectivity index (χ0) is 7.56. The van der Waals surface area contributed by atoms with Crippen LogP contribution >= 0.6 is 0 Å². The van der Waals surface area contributed by atoms with Gasteiger partial charge in [-0.2, -0.15) is 0 Å². The summed E-state index contributed by atoms with van der Waals surface area (Å²) in [5.74, 6) is -0.140. The molecule has 0 amide bonds. The number of phenols is 2. The number of hydrogen-bond donors (Lipinski definition) is 2. The quantitative estimate of drug-likeness (QED) is 0.478. The van der Waals surface area contributed by atoms with Crippen LogP contribution in [0.4, 0.5) is 0 Å². The van der Waals surface area contributed by atoms with E-state index in [0.717, 1.165) is 0 Å². The van der Waals surface area contributed by atoms with Crippen molar-refractivity contribution in [3.8, 4) is 11.5 Å². The SMILES string of the molecule is [CH2]=[Fe][c]1cccc(O)c1O. The van der Waals surface area contributed by atoms with Crippen molar-refractivity contribution in [3.63, 3.8) is 0 Å². The molecule has 0 bridgehead atoms. The van der Waals surface area contributed by atoms with Crippen LogP contribution in [0.2, 0.25) is 0 Å². The van der Waals surface area contributed by atoms with Crippen molar-refractivity contribution in [1.29, 1.82) is 0 Å². The summed E-state index contributed by atoms with van der Waals surface area (Å²) in [4.78, 5) is 0. The second kappa shape index (κ2) is 2.86. The third-order valence-corrected chi connectivity index (χ3v) is 1.96. The molecule has 0 saturated carbocycles. The Kier molecular flexibility index (Phi) is 2.09. The number of benzene rings is 1. The third-order valence-electron chi connectivity index (χ3n) is 1.09. The summed E-state index contributed by atoms with van der Waals surface area (Å²) < 4.78 is 0.667. The Hall–Kier alpha value is -0.791. The fraction of sp³-hybridized carbons (Fsp3) is 0. The van der Waals surface area contributed by atoms with E-state index < -0.39 is 0 Å². The summed E-state index contributed by atoms with van der Waals surface area (Å²) in [5, 5.41) is 18.1. The van der Waals surface area contributed by atoms with Crippen LogP contribution in [-0.4, -0.2) is 15.6 Å². The van der Waals surface area contributed by atoms with Gasteiger partial charge in [0.05, 0.1) is 0 Å². The van der Waals surface area contributed by atoms with Crippen LogP contribution in [0, 0.1) is 0 Å². The summed E-state index contributed by atoms with van der Waals surface area (Å²) in [6.07, 6.45) is 0. The van der Waals surface area contributed by atoms with Gasteiger partial charge in [0.25, 0.3) is 0 Å². The molecule has 0 aliphatic carbocycles. The topological polar surface area (TPSA) is 40.5 Å². The van der Waals surface area contributed by atoms with Crippen LogP contribution in [0.1, 0.15) is 0 Å². The average Bonchev–Trinajstić information content (AvgIpc) is 1.95. The van der Waals surface area contributed by atoms with Gasteiger partial charge < -0.3 is 0 Å². The van der Waals surface area contributed by atoms with Crippen molar-refractivity contribution in [1.82, 2.24) is 0 Å². The second-order valence-corrected chi connectivity index (χ2v) is 2.70. The van der Waals surface area contributed by atoms with E-state index in [-0.39, 0.29) is 11.5 Å².